The minimum absolute atomic E-state index is 0.172. The third-order valence-corrected chi connectivity index (χ3v) is 9.76. The number of hydrogen-bond donors (Lipinski definition) is 0. The Morgan fingerprint density at radius 3 is 1.46 bits per heavy atom. The van der Waals surface area contributed by atoms with Gasteiger partial charge >= 0.3 is 11.9 Å². The summed E-state index contributed by atoms with van der Waals surface area (Å²) in [6.07, 6.45) is 5.42. The Kier molecular flexibility index (Phi) is 12.2. The molecule has 0 saturated carbocycles. The molecule has 0 radical (unpaired) electrons. The summed E-state index contributed by atoms with van der Waals surface area (Å²) in [6, 6.07) is 8.83. The number of ether oxygens (including phenoxy) is 2. The molecule has 0 amide bonds. The van der Waals surface area contributed by atoms with Gasteiger partial charge in [-0.1, -0.05) is 60.6 Å². The van der Waals surface area contributed by atoms with E-state index in [2.05, 4.69) is 58.9 Å². The van der Waals surface area contributed by atoms with Crippen LogP contribution in [0.1, 0.15) is 128 Å². The van der Waals surface area contributed by atoms with Gasteiger partial charge in [-0.25, -0.2) is 0 Å². The quantitative estimate of drug-likeness (QED) is 0.169. The molecule has 2 rings (SSSR count). The number of hydrogen-bond acceptors (Lipinski definition) is 4. The Labute approximate surface area is 250 Å². The summed E-state index contributed by atoms with van der Waals surface area (Å²) in [6.45, 7) is 25.4. The molecule has 0 N–H and O–H groups in total. The van der Waals surface area contributed by atoms with Gasteiger partial charge in [0, 0.05) is 0 Å². The van der Waals surface area contributed by atoms with E-state index in [4.69, 9.17) is 9.47 Å². The second kappa shape index (κ2) is 14.5. The van der Waals surface area contributed by atoms with Crippen LogP contribution in [0.15, 0.2) is 24.3 Å². The van der Waals surface area contributed by atoms with Crippen molar-refractivity contribution in [2.24, 2.45) is 11.8 Å². The maximum atomic E-state index is 13.4. The first-order valence-electron chi connectivity index (χ1n) is 15.9. The zero-order valence-corrected chi connectivity index (χ0v) is 28.0. The van der Waals surface area contributed by atoms with E-state index in [1.807, 2.05) is 48.5 Å². The van der Waals surface area contributed by atoms with Crippen LogP contribution < -0.4 is 4.74 Å². The highest BCUT2D eigenvalue weighted by atomic mass is 16.6. The highest BCUT2D eigenvalue weighted by Gasteiger charge is 2.32. The number of rotatable bonds is 14. The molecule has 0 fully saturated rings. The van der Waals surface area contributed by atoms with Gasteiger partial charge in [0.05, 0.1) is 11.8 Å². The lowest BCUT2D eigenvalue weighted by molar-refractivity contribution is -0.165. The van der Waals surface area contributed by atoms with Crippen molar-refractivity contribution in [3.63, 3.8) is 0 Å². The first-order valence-corrected chi connectivity index (χ1v) is 15.9. The summed E-state index contributed by atoms with van der Waals surface area (Å²) in [5, 5.41) is 0. The molecule has 228 valence electrons. The van der Waals surface area contributed by atoms with Gasteiger partial charge in [-0.05, 0) is 136 Å². The molecule has 0 spiro atoms. The van der Waals surface area contributed by atoms with Crippen molar-refractivity contribution in [1.29, 1.82) is 0 Å². The van der Waals surface area contributed by atoms with Crippen molar-refractivity contribution in [3.05, 3.63) is 52.1 Å². The lowest BCUT2D eigenvalue weighted by atomic mass is 9.73. The molecule has 2 aromatic rings. The van der Waals surface area contributed by atoms with Gasteiger partial charge in [-0.15, -0.1) is 0 Å². The Morgan fingerprint density at radius 2 is 1.07 bits per heavy atom. The summed E-state index contributed by atoms with van der Waals surface area (Å²) in [5.74, 6) is -0.569. The minimum Gasteiger partial charge on any atom is -0.459 e. The Hall–Kier alpha value is -2.62. The average molecular weight is 565 g/mol. The molecule has 0 aliphatic rings. The van der Waals surface area contributed by atoms with Crippen LogP contribution in [-0.2, 0) is 19.7 Å². The summed E-state index contributed by atoms with van der Waals surface area (Å²) >= 11 is 0. The van der Waals surface area contributed by atoms with E-state index in [1.54, 1.807) is 0 Å². The van der Waals surface area contributed by atoms with Crippen molar-refractivity contribution >= 4 is 11.9 Å². The Morgan fingerprint density at radius 1 is 0.659 bits per heavy atom. The maximum absolute atomic E-state index is 13.4. The van der Waals surface area contributed by atoms with Crippen molar-refractivity contribution in [2.75, 3.05) is 0 Å². The molecule has 4 heteroatoms. The van der Waals surface area contributed by atoms with Crippen molar-refractivity contribution in [1.82, 2.24) is 0 Å². The van der Waals surface area contributed by atoms with E-state index in [0.29, 0.717) is 25.0 Å². The number of carbonyl (C=O) groups excluding carboxylic acids is 2. The lowest BCUT2D eigenvalue weighted by Gasteiger charge is -2.31. The van der Waals surface area contributed by atoms with Crippen LogP contribution in [0.4, 0.5) is 0 Å². The fourth-order valence-corrected chi connectivity index (χ4v) is 6.07. The third kappa shape index (κ3) is 8.02. The SMILES string of the molecule is CCC(CC(CC)C(=O)OC(C)(CC)CC)C(=O)Oc1c(C)cc(-c2cc(C)c(C(C)(CC)CC)c(C)c2)cc1C. The smallest absolute Gasteiger partial charge is 0.314 e. The molecule has 0 saturated heterocycles. The van der Waals surface area contributed by atoms with Gasteiger partial charge in [-0.3, -0.25) is 9.59 Å². The van der Waals surface area contributed by atoms with Gasteiger partial charge in [0.25, 0.3) is 0 Å². The minimum atomic E-state index is -0.467. The molecular formula is C37H56O4. The lowest BCUT2D eigenvalue weighted by Crippen LogP contribution is -2.34. The van der Waals surface area contributed by atoms with Gasteiger partial charge < -0.3 is 9.47 Å². The van der Waals surface area contributed by atoms with E-state index in [0.717, 1.165) is 42.4 Å². The van der Waals surface area contributed by atoms with Gasteiger partial charge in [0.15, 0.2) is 0 Å². The molecule has 0 aliphatic heterocycles. The van der Waals surface area contributed by atoms with Crippen molar-refractivity contribution < 1.29 is 19.1 Å². The fourth-order valence-electron chi connectivity index (χ4n) is 6.07. The largest absolute Gasteiger partial charge is 0.459 e. The van der Waals surface area contributed by atoms with Gasteiger partial charge in [-0.2, -0.15) is 0 Å². The molecule has 0 heterocycles. The number of aryl methyl sites for hydroxylation is 4. The topological polar surface area (TPSA) is 52.6 Å². The van der Waals surface area contributed by atoms with E-state index < -0.39 is 5.60 Å². The van der Waals surface area contributed by atoms with Crippen LogP contribution in [0.5, 0.6) is 5.75 Å². The first-order chi connectivity index (χ1) is 19.2. The van der Waals surface area contributed by atoms with Crippen LogP contribution in [0.25, 0.3) is 11.1 Å². The molecule has 2 aromatic carbocycles. The van der Waals surface area contributed by atoms with Crippen LogP contribution >= 0.6 is 0 Å². The molecular weight excluding hydrogens is 508 g/mol. The highest BCUT2D eigenvalue weighted by molar-refractivity contribution is 5.79. The maximum Gasteiger partial charge on any atom is 0.314 e. The molecule has 0 aromatic heterocycles. The fraction of sp³-hybridized carbons (Fsp3) is 0.622. The van der Waals surface area contributed by atoms with E-state index in [1.165, 1.54) is 22.3 Å². The van der Waals surface area contributed by atoms with Crippen LogP contribution in [0, 0.1) is 39.5 Å². The number of benzene rings is 2. The monoisotopic (exact) mass is 564 g/mol. The van der Waals surface area contributed by atoms with Crippen molar-refractivity contribution in [3.8, 4) is 16.9 Å². The number of esters is 2. The second-order valence-electron chi connectivity index (χ2n) is 12.6. The van der Waals surface area contributed by atoms with Crippen LogP contribution in [0.2, 0.25) is 0 Å². The standard InChI is InChI=1S/C37H56O4/c1-13-28(23-29(14-2)35(39)41-37(12,17-5)18-6)34(38)40-33-26(9)21-31(22-27(33)10)30-19-24(7)32(25(8)20-30)36(11,15-3)16-4/h19-22,28-29H,13-18,23H2,1-12H3. The van der Waals surface area contributed by atoms with Crippen LogP contribution in [0.3, 0.4) is 0 Å². The van der Waals surface area contributed by atoms with Crippen molar-refractivity contribution in [2.45, 2.75) is 139 Å². The normalized spacial score (nSPS) is 13.6. The third-order valence-electron chi connectivity index (χ3n) is 9.76. The Balaban J connectivity index is 2.29. The van der Waals surface area contributed by atoms with Gasteiger partial charge in [0.2, 0.25) is 0 Å². The molecule has 4 nitrogen and oxygen atoms in total. The van der Waals surface area contributed by atoms with Crippen LogP contribution in [-0.4, -0.2) is 17.5 Å². The predicted octanol–water partition coefficient (Wildman–Crippen LogP) is 10.1. The Bertz CT molecular complexity index is 1150. The molecule has 0 aliphatic carbocycles. The summed E-state index contributed by atoms with van der Waals surface area (Å²) < 4.78 is 11.9. The molecule has 0 bridgehead atoms. The summed E-state index contributed by atoms with van der Waals surface area (Å²) in [7, 11) is 0. The van der Waals surface area contributed by atoms with E-state index in [-0.39, 0.29) is 29.2 Å². The predicted molar refractivity (Wildman–Crippen MR) is 172 cm³/mol. The van der Waals surface area contributed by atoms with E-state index >= 15 is 0 Å². The van der Waals surface area contributed by atoms with E-state index in [9.17, 15) is 9.59 Å². The second-order valence-corrected chi connectivity index (χ2v) is 12.6. The molecule has 41 heavy (non-hydrogen) atoms. The van der Waals surface area contributed by atoms with Gasteiger partial charge in [0.1, 0.15) is 11.4 Å². The first kappa shape index (κ1) is 34.6. The molecule has 2 atom stereocenters. The average Bonchev–Trinajstić information content (AvgIpc) is 2.94. The zero-order valence-electron chi connectivity index (χ0n) is 28.0. The highest BCUT2D eigenvalue weighted by Crippen LogP contribution is 2.39. The zero-order chi connectivity index (χ0) is 31.1. The summed E-state index contributed by atoms with van der Waals surface area (Å²) in [5.41, 5.74) is 7.99. The number of carbonyl (C=O) groups is 2. The summed E-state index contributed by atoms with van der Waals surface area (Å²) in [4.78, 5) is 26.4. The molecule has 2 unspecified atom stereocenters.